The summed E-state index contributed by atoms with van der Waals surface area (Å²) in [5.74, 6) is 0. The van der Waals surface area contributed by atoms with Crippen molar-refractivity contribution in [3.8, 4) is 0 Å². The van der Waals surface area contributed by atoms with Gasteiger partial charge in [0.2, 0.25) is 0 Å². The molecule has 0 amide bonds. The number of rotatable bonds is 6. The predicted molar refractivity (Wildman–Crippen MR) is 104 cm³/mol. The third-order valence-corrected chi connectivity index (χ3v) is 5.35. The van der Waals surface area contributed by atoms with E-state index in [1.165, 1.54) is 17.8 Å². The highest BCUT2D eigenvalue weighted by molar-refractivity contribution is 7.99. The molecule has 0 radical (unpaired) electrons. The van der Waals surface area contributed by atoms with Crippen LogP contribution in [0.4, 0.5) is 11.4 Å². The minimum atomic E-state index is -0.351. The smallest absolute Gasteiger partial charge is 0.283 e. The number of nitrogens with zero attached hydrogens (tertiary/aromatic N) is 3. The second kappa shape index (κ2) is 7.16. The largest absolute Gasteiger partial charge is 0.388 e. The molecule has 2 aromatic heterocycles. The molecule has 0 aliphatic rings. The molecule has 4 aromatic rings. The van der Waals surface area contributed by atoms with Crippen molar-refractivity contribution in [3.05, 3.63) is 76.8 Å². The molecule has 0 aliphatic heterocycles. The quantitative estimate of drug-likeness (QED) is 0.383. The fourth-order valence-electron chi connectivity index (χ4n) is 2.93. The fourth-order valence-corrected chi connectivity index (χ4v) is 4.03. The van der Waals surface area contributed by atoms with Crippen LogP contribution in [0.5, 0.6) is 0 Å². The summed E-state index contributed by atoms with van der Waals surface area (Å²) in [6.07, 6.45) is 3.54. The molecule has 0 unspecified atom stereocenters. The van der Waals surface area contributed by atoms with Crippen LogP contribution in [0.3, 0.4) is 0 Å². The summed E-state index contributed by atoms with van der Waals surface area (Å²) in [5.41, 5.74) is 2.92. The normalized spacial score (nSPS) is 11.0. The van der Waals surface area contributed by atoms with Gasteiger partial charge in [0.1, 0.15) is 12.0 Å². The Balaban J connectivity index is 1.80. The van der Waals surface area contributed by atoms with Gasteiger partial charge in [-0.15, -0.1) is 0 Å². The van der Waals surface area contributed by atoms with Crippen LogP contribution >= 0.6 is 11.8 Å². The molecule has 0 aliphatic carbocycles. The first kappa shape index (κ1) is 17.2. The number of aromatic nitrogens is 2. The molecule has 27 heavy (non-hydrogen) atoms. The molecule has 4 rings (SSSR count). The summed E-state index contributed by atoms with van der Waals surface area (Å²) in [4.78, 5) is 12.5. The number of benzene rings is 2. The highest BCUT2D eigenvalue weighted by Gasteiger charge is 2.17. The number of nitro groups is 1. The van der Waals surface area contributed by atoms with Gasteiger partial charge in [0.15, 0.2) is 0 Å². The first-order chi connectivity index (χ1) is 13.2. The lowest BCUT2D eigenvalue weighted by Gasteiger charge is -2.05. The van der Waals surface area contributed by atoms with E-state index in [4.69, 9.17) is 4.52 Å². The van der Waals surface area contributed by atoms with Crippen LogP contribution in [-0.4, -0.2) is 21.7 Å². The van der Waals surface area contributed by atoms with Crippen molar-refractivity contribution >= 4 is 34.0 Å². The topological polar surface area (TPSA) is 86.1 Å². The van der Waals surface area contributed by atoms with Crippen molar-refractivity contribution in [2.24, 2.45) is 0 Å². The Morgan fingerprint density at radius 1 is 1.22 bits per heavy atom. The summed E-state index contributed by atoms with van der Waals surface area (Å²) in [6.45, 7) is 0.553. The fraction of sp³-hybridized carbons (Fsp3) is 0.105. The van der Waals surface area contributed by atoms with Crippen molar-refractivity contribution < 1.29 is 9.45 Å². The Morgan fingerprint density at radius 3 is 2.81 bits per heavy atom. The number of hydrogen-bond acceptors (Lipinski definition) is 6. The minimum Gasteiger partial charge on any atom is -0.388 e. The van der Waals surface area contributed by atoms with Crippen LogP contribution in [0.1, 0.15) is 5.69 Å². The average molecular weight is 380 g/mol. The maximum absolute atomic E-state index is 11.3. The molecule has 0 saturated carbocycles. The Bertz CT molecular complexity index is 1110. The van der Waals surface area contributed by atoms with Gasteiger partial charge in [-0.2, -0.15) is 0 Å². The predicted octanol–water partition coefficient (Wildman–Crippen LogP) is 4.78. The second-order valence-corrected chi connectivity index (χ2v) is 7.00. The van der Waals surface area contributed by atoms with Crippen molar-refractivity contribution in [3.63, 3.8) is 0 Å². The first-order valence-electron chi connectivity index (χ1n) is 8.27. The van der Waals surface area contributed by atoms with Gasteiger partial charge in [-0.05, 0) is 24.3 Å². The zero-order valence-corrected chi connectivity index (χ0v) is 15.3. The van der Waals surface area contributed by atoms with Crippen molar-refractivity contribution in [2.75, 3.05) is 12.4 Å². The molecule has 2 aromatic carbocycles. The highest BCUT2D eigenvalue weighted by Crippen LogP contribution is 2.39. The van der Waals surface area contributed by atoms with Crippen LogP contribution in [0.2, 0.25) is 0 Å². The number of anilines is 1. The lowest BCUT2D eigenvalue weighted by molar-refractivity contribution is -0.387. The van der Waals surface area contributed by atoms with E-state index in [-0.39, 0.29) is 10.6 Å². The van der Waals surface area contributed by atoms with Gasteiger partial charge in [-0.1, -0.05) is 29.1 Å². The summed E-state index contributed by atoms with van der Waals surface area (Å²) in [6, 6.07) is 14.7. The van der Waals surface area contributed by atoms with E-state index in [2.05, 4.69) is 21.1 Å². The molecule has 7 nitrogen and oxygen atoms in total. The summed E-state index contributed by atoms with van der Waals surface area (Å²) >= 11 is 1.39. The number of para-hydroxylation sites is 1. The molecular weight excluding hydrogens is 364 g/mol. The van der Waals surface area contributed by atoms with Gasteiger partial charge < -0.3 is 14.4 Å². The number of nitro benzene ring substituents is 1. The molecule has 0 spiro atoms. The van der Waals surface area contributed by atoms with Crippen LogP contribution < -0.4 is 5.32 Å². The maximum Gasteiger partial charge on any atom is 0.283 e. The lowest BCUT2D eigenvalue weighted by Crippen LogP contribution is -1.98. The summed E-state index contributed by atoms with van der Waals surface area (Å²) in [7, 11) is 1.87. The minimum absolute atomic E-state index is 0.103. The monoisotopic (exact) mass is 380 g/mol. The average Bonchev–Trinajstić information content (AvgIpc) is 3.30. The van der Waals surface area contributed by atoms with Crippen LogP contribution in [-0.2, 0) is 6.54 Å². The van der Waals surface area contributed by atoms with Gasteiger partial charge in [-0.3, -0.25) is 10.1 Å². The number of nitrogens with one attached hydrogen (secondary N) is 1. The second-order valence-electron chi connectivity index (χ2n) is 5.92. The summed E-state index contributed by atoms with van der Waals surface area (Å²) in [5, 5.41) is 19.5. The van der Waals surface area contributed by atoms with Crippen LogP contribution in [0.15, 0.2) is 75.3 Å². The molecule has 136 valence electrons. The molecular formula is C19H16N4O3S. The Kier molecular flexibility index (Phi) is 4.55. The van der Waals surface area contributed by atoms with E-state index >= 15 is 0 Å². The zero-order chi connectivity index (χ0) is 18.8. The van der Waals surface area contributed by atoms with Gasteiger partial charge in [0, 0.05) is 41.3 Å². The van der Waals surface area contributed by atoms with Gasteiger partial charge in [-0.25, -0.2) is 0 Å². The third kappa shape index (κ3) is 3.39. The van der Waals surface area contributed by atoms with Crippen molar-refractivity contribution in [2.45, 2.75) is 16.3 Å². The van der Waals surface area contributed by atoms with E-state index in [0.717, 1.165) is 27.2 Å². The molecule has 1 N–H and O–H groups in total. The third-order valence-electron chi connectivity index (χ3n) is 4.24. The number of hydrogen-bond donors (Lipinski definition) is 1. The van der Waals surface area contributed by atoms with E-state index in [1.54, 1.807) is 18.4 Å². The van der Waals surface area contributed by atoms with E-state index in [1.807, 2.05) is 37.5 Å². The van der Waals surface area contributed by atoms with Crippen molar-refractivity contribution in [1.29, 1.82) is 0 Å². The standard InChI is InChI=1S/C19H16N4O3S/c1-20-13-6-7-15-17(10-13)22(11-14-8-9-26-21-14)12-19(15)27-18-5-3-2-4-16(18)23(24)25/h2-10,12,20H,11H2,1H3. The molecule has 2 heterocycles. The lowest BCUT2D eigenvalue weighted by atomic mass is 10.2. The SMILES string of the molecule is CNc1ccc2c(Sc3ccccc3[N+](=O)[O-])cn(Cc3ccon3)c2c1. The molecule has 0 atom stereocenters. The van der Waals surface area contributed by atoms with Gasteiger partial charge >= 0.3 is 0 Å². The van der Waals surface area contributed by atoms with E-state index < -0.39 is 0 Å². The summed E-state index contributed by atoms with van der Waals surface area (Å²) < 4.78 is 7.01. The molecule has 0 saturated heterocycles. The van der Waals surface area contributed by atoms with Crippen LogP contribution in [0.25, 0.3) is 10.9 Å². The Labute approximate surface area is 159 Å². The first-order valence-corrected chi connectivity index (χ1v) is 9.08. The maximum atomic E-state index is 11.3. The molecule has 8 heteroatoms. The van der Waals surface area contributed by atoms with Crippen molar-refractivity contribution in [1.82, 2.24) is 9.72 Å². The zero-order valence-electron chi connectivity index (χ0n) is 14.5. The van der Waals surface area contributed by atoms with Gasteiger partial charge in [0.25, 0.3) is 5.69 Å². The van der Waals surface area contributed by atoms with E-state index in [9.17, 15) is 10.1 Å². The van der Waals surface area contributed by atoms with E-state index in [0.29, 0.717) is 11.4 Å². The molecule has 0 bridgehead atoms. The Morgan fingerprint density at radius 2 is 2.07 bits per heavy atom. The molecule has 0 fully saturated rings. The Hall–Kier alpha value is -3.26. The highest BCUT2D eigenvalue weighted by atomic mass is 32.2. The van der Waals surface area contributed by atoms with Crippen LogP contribution in [0, 0.1) is 10.1 Å². The number of fused-ring (bicyclic) bond motifs is 1. The van der Waals surface area contributed by atoms with Gasteiger partial charge in [0.05, 0.1) is 21.9 Å².